The fourth-order valence-electron chi connectivity index (χ4n) is 3.98. The molecule has 2 aliphatic rings. The summed E-state index contributed by atoms with van der Waals surface area (Å²) in [6, 6.07) is 9.42. The van der Waals surface area contributed by atoms with Crippen LogP contribution in [0.1, 0.15) is 46.5 Å². The summed E-state index contributed by atoms with van der Waals surface area (Å²) in [4.78, 5) is 12.3. The van der Waals surface area contributed by atoms with Crippen molar-refractivity contribution < 1.29 is 9.53 Å². The van der Waals surface area contributed by atoms with Gasteiger partial charge < -0.3 is 4.74 Å². The summed E-state index contributed by atoms with van der Waals surface area (Å²) in [5, 5.41) is 2.82. The van der Waals surface area contributed by atoms with Gasteiger partial charge in [0.15, 0.2) is 0 Å². The maximum Gasteiger partial charge on any atom is 0.411 e. The Morgan fingerprint density at radius 3 is 2.71 bits per heavy atom. The highest BCUT2D eigenvalue weighted by atomic mass is 16.6. The summed E-state index contributed by atoms with van der Waals surface area (Å²) >= 11 is 0. The van der Waals surface area contributed by atoms with E-state index in [4.69, 9.17) is 4.74 Å². The van der Waals surface area contributed by atoms with E-state index < -0.39 is 0 Å². The minimum Gasteiger partial charge on any atom is -0.445 e. The maximum absolute atomic E-state index is 12.3. The fourth-order valence-corrected chi connectivity index (χ4v) is 3.98. The third kappa shape index (κ3) is 3.40. The van der Waals surface area contributed by atoms with Crippen molar-refractivity contribution in [3.8, 4) is 0 Å². The van der Waals surface area contributed by atoms with E-state index in [0.717, 1.165) is 18.5 Å². The van der Waals surface area contributed by atoms with E-state index in [9.17, 15) is 4.79 Å². The second kappa shape index (κ2) is 6.46. The molecule has 24 heavy (non-hydrogen) atoms. The van der Waals surface area contributed by atoms with Crippen LogP contribution in [-0.4, -0.2) is 12.2 Å². The molecule has 2 aliphatic carbocycles. The molecule has 3 nitrogen and oxygen atoms in total. The molecule has 1 fully saturated rings. The Hall–Kier alpha value is -2.03. The Balaban J connectivity index is 1.74. The minimum absolute atomic E-state index is 0.0906. The van der Waals surface area contributed by atoms with Crippen LogP contribution >= 0.6 is 0 Å². The van der Waals surface area contributed by atoms with Gasteiger partial charge in [-0.05, 0) is 38.3 Å². The molecule has 3 rings (SSSR count). The number of benzene rings is 1. The number of fused-ring (bicyclic) bond motifs is 1. The van der Waals surface area contributed by atoms with E-state index in [-0.39, 0.29) is 17.6 Å². The molecule has 1 amide bonds. The topological polar surface area (TPSA) is 38.3 Å². The SMILES string of the molecule is C=C1C[C@@H](OC(=O)Nc2ccccc2)C(C)(C)CC2=C(C)CC[C@H]12. The Kier molecular flexibility index (Phi) is 4.53. The molecule has 1 N–H and O–H groups in total. The van der Waals surface area contributed by atoms with Crippen molar-refractivity contribution in [1.29, 1.82) is 0 Å². The van der Waals surface area contributed by atoms with Crippen LogP contribution in [0.4, 0.5) is 10.5 Å². The van der Waals surface area contributed by atoms with Crippen LogP contribution in [0.15, 0.2) is 53.6 Å². The number of allylic oxidation sites excluding steroid dienone is 2. The highest BCUT2D eigenvalue weighted by Gasteiger charge is 2.41. The predicted octanol–water partition coefficient (Wildman–Crippen LogP) is 5.71. The Morgan fingerprint density at radius 1 is 1.29 bits per heavy atom. The molecule has 1 aromatic rings. The summed E-state index contributed by atoms with van der Waals surface area (Å²) in [7, 11) is 0. The molecule has 0 heterocycles. The van der Waals surface area contributed by atoms with Crippen molar-refractivity contribution in [3.63, 3.8) is 0 Å². The largest absolute Gasteiger partial charge is 0.445 e. The molecule has 3 heteroatoms. The Morgan fingerprint density at radius 2 is 2.00 bits per heavy atom. The van der Waals surface area contributed by atoms with Crippen LogP contribution in [-0.2, 0) is 4.74 Å². The lowest BCUT2D eigenvalue weighted by atomic mass is 9.80. The van der Waals surface area contributed by atoms with Gasteiger partial charge in [0.1, 0.15) is 6.10 Å². The molecule has 0 bridgehead atoms. The molecule has 1 aromatic carbocycles. The summed E-state index contributed by atoms with van der Waals surface area (Å²) in [5.74, 6) is 0.482. The third-order valence-corrected chi connectivity index (χ3v) is 5.50. The van der Waals surface area contributed by atoms with Gasteiger partial charge in [-0.15, -0.1) is 0 Å². The molecule has 0 unspecified atom stereocenters. The van der Waals surface area contributed by atoms with Gasteiger partial charge in [-0.25, -0.2) is 4.79 Å². The zero-order chi connectivity index (χ0) is 17.3. The van der Waals surface area contributed by atoms with Gasteiger partial charge in [0.25, 0.3) is 0 Å². The smallest absolute Gasteiger partial charge is 0.411 e. The van der Waals surface area contributed by atoms with Gasteiger partial charge in [-0.2, -0.15) is 0 Å². The number of ether oxygens (including phenoxy) is 1. The number of hydrogen-bond donors (Lipinski definition) is 1. The fraction of sp³-hybridized carbons (Fsp3) is 0.476. The summed E-state index contributed by atoms with van der Waals surface area (Å²) < 4.78 is 5.83. The lowest BCUT2D eigenvalue weighted by Crippen LogP contribution is -2.35. The van der Waals surface area contributed by atoms with Crippen molar-refractivity contribution in [2.45, 2.75) is 52.6 Å². The summed E-state index contributed by atoms with van der Waals surface area (Å²) in [6.45, 7) is 10.9. The van der Waals surface area contributed by atoms with E-state index >= 15 is 0 Å². The van der Waals surface area contributed by atoms with Gasteiger partial charge in [0.2, 0.25) is 0 Å². The van der Waals surface area contributed by atoms with Crippen molar-refractivity contribution in [1.82, 2.24) is 0 Å². The minimum atomic E-state index is -0.384. The number of carbonyl (C=O) groups is 1. The first kappa shape index (κ1) is 16.8. The van der Waals surface area contributed by atoms with E-state index in [1.165, 1.54) is 29.6 Å². The zero-order valence-electron chi connectivity index (χ0n) is 14.9. The van der Waals surface area contributed by atoms with Crippen LogP contribution in [0.2, 0.25) is 0 Å². The number of carbonyl (C=O) groups excluding carboxylic acids is 1. The van der Waals surface area contributed by atoms with Gasteiger partial charge in [0, 0.05) is 23.4 Å². The number of hydrogen-bond acceptors (Lipinski definition) is 2. The summed E-state index contributed by atoms with van der Waals surface area (Å²) in [5.41, 5.74) is 4.91. The first-order valence-corrected chi connectivity index (χ1v) is 8.75. The van der Waals surface area contributed by atoms with Crippen molar-refractivity contribution in [2.75, 3.05) is 5.32 Å². The molecule has 0 radical (unpaired) electrons. The summed E-state index contributed by atoms with van der Waals surface area (Å²) in [6.07, 6.45) is 3.53. The number of nitrogens with one attached hydrogen (secondary N) is 1. The van der Waals surface area contributed by atoms with Gasteiger partial charge >= 0.3 is 6.09 Å². The molecular weight excluding hydrogens is 298 g/mol. The number of para-hydroxylation sites is 1. The van der Waals surface area contributed by atoms with Crippen LogP contribution < -0.4 is 5.32 Å². The molecule has 128 valence electrons. The number of amides is 1. The molecule has 0 spiro atoms. The van der Waals surface area contributed by atoms with Crippen molar-refractivity contribution >= 4 is 11.8 Å². The average Bonchev–Trinajstić information content (AvgIpc) is 2.83. The monoisotopic (exact) mass is 325 g/mol. The van der Waals surface area contributed by atoms with E-state index in [1.807, 2.05) is 30.3 Å². The van der Waals surface area contributed by atoms with Crippen LogP contribution in [0.3, 0.4) is 0 Å². The predicted molar refractivity (Wildman–Crippen MR) is 97.9 cm³/mol. The second-order valence-corrected chi connectivity index (χ2v) is 7.81. The number of rotatable bonds is 2. The molecular formula is C21H27NO2. The molecule has 1 saturated carbocycles. The lowest BCUT2D eigenvalue weighted by Gasteiger charge is -2.32. The highest BCUT2D eigenvalue weighted by molar-refractivity contribution is 5.84. The van der Waals surface area contributed by atoms with Crippen molar-refractivity contribution in [3.05, 3.63) is 53.6 Å². The Bertz CT molecular complexity index is 672. The van der Waals surface area contributed by atoms with Gasteiger partial charge in [-0.1, -0.05) is 55.3 Å². The molecule has 0 aliphatic heterocycles. The van der Waals surface area contributed by atoms with E-state index in [0.29, 0.717) is 5.92 Å². The lowest BCUT2D eigenvalue weighted by molar-refractivity contribution is 0.0337. The first-order chi connectivity index (χ1) is 11.4. The van der Waals surface area contributed by atoms with Crippen LogP contribution in [0.5, 0.6) is 0 Å². The molecule has 2 atom stereocenters. The normalized spacial score (nSPS) is 25.9. The van der Waals surface area contributed by atoms with E-state index in [2.05, 4.69) is 32.7 Å². The maximum atomic E-state index is 12.3. The second-order valence-electron chi connectivity index (χ2n) is 7.81. The average molecular weight is 325 g/mol. The molecule has 0 saturated heterocycles. The quantitative estimate of drug-likeness (QED) is 0.708. The van der Waals surface area contributed by atoms with Crippen LogP contribution in [0, 0.1) is 11.3 Å². The number of anilines is 1. The zero-order valence-corrected chi connectivity index (χ0v) is 14.9. The third-order valence-electron chi connectivity index (χ3n) is 5.50. The van der Waals surface area contributed by atoms with Gasteiger partial charge in [-0.3, -0.25) is 5.32 Å². The van der Waals surface area contributed by atoms with E-state index in [1.54, 1.807) is 0 Å². The van der Waals surface area contributed by atoms with Crippen LogP contribution in [0.25, 0.3) is 0 Å². The Labute approximate surface area is 144 Å². The molecule has 0 aromatic heterocycles. The first-order valence-electron chi connectivity index (χ1n) is 8.75. The van der Waals surface area contributed by atoms with Gasteiger partial charge in [0.05, 0.1) is 0 Å². The highest BCUT2D eigenvalue weighted by Crippen LogP contribution is 2.49. The van der Waals surface area contributed by atoms with Crippen molar-refractivity contribution in [2.24, 2.45) is 11.3 Å². The standard InChI is InChI=1S/C21H27NO2/c1-14-10-11-17-15(2)12-19(21(3,4)13-18(14)17)24-20(23)22-16-8-6-5-7-9-16/h5-9,17,19H,2,10-13H2,1,3-4H3,(H,22,23)/t17-,19-/m1/s1.